The highest BCUT2D eigenvalue weighted by Crippen LogP contribution is 2.31. The molecule has 1 atom stereocenters. The van der Waals surface area contributed by atoms with E-state index in [0.717, 1.165) is 37.6 Å². The van der Waals surface area contributed by atoms with Crippen LogP contribution in [0.15, 0.2) is 4.52 Å². The molecular formula is C14H23N3O2. The van der Waals surface area contributed by atoms with Crippen molar-refractivity contribution in [2.75, 3.05) is 13.7 Å². The molecule has 3 rings (SSSR count). The number of hydrogen-bond acceptors (Lipinski definition) is 5. The van der Waals surface area contributed by atoms with Crippen molar-refractivity contribution >= 4 is 0 Å². The van der Waals surface area contributed by atoms with E-state index in [9.17, 15) is 0 Å². The Morgan fingerprint density at radius 2 is 2.11 bits per heavy atom. The maximum atomic E-state index is 5.59. The summed E-state index contributed by atoms with van der Waals surface area (Å²) >= 11 is 0. The molecule has 1 N–H and O–H groups in total. The van der Waals surface area contributed by atoms with E-state index in [1.54, 1.807) is 0 Å². The smallest absolute Gasteiger partial charge is 0.228 e. The van der Waals surface area contributed by atoms with Crippen LogP contribution in [-0.4, -0.2) is 29.3 Å². The van der Waals surface area contributed by atoms with E-state index < -0.39 is 0 Å². The first-order valence-electron chi connectivity index (χ1n) is 7.44. The Bertz CT molecular complexity index is 407. The zero-order chi connectivity index (χ0) is 13.1. The van der Waals surface area contributed by atoms with Gasteiger partial charge in [-0.1, -0.05) is 24.4 Å². The fourth-order valence-corrected chi connectivity index (χ4v) is 3.29. The molecule has 0 amide bonds. The third kappa shape index (κ3) is 2.82. The maximum absolute atomic E-state index is 5.59. The van der Waals surface area contributed by atoms with Gasteiger partial charge in [-0.2, -0.15) is 4.98 Å². The van der Waals surface area contributed by atoms with Crippen LogP contribution in [0.5, 0.6) is 0 Å². The van der Waals surface area contributed by atoms with E-state index in [1.807, 2.05) is 7.05 Å². The minimum absolute atomic E-state index is 0.0504. The number of likely N-dealkylation sites (N-methyl/N-ethyl adjacent to an activating group) is 1. The molecule has 1 aliphatic carbocycles. The molecule has 0 radical (unpaired) electrons. The molecule has 1 aliphatic heterocycles. The van der Waals surface area contributed by atoms with Crippen LogP contribution in [0.2, 0.25) is 0 Å². The van der Waals surface area contributed by atoms with Crippen LogP contribution in [0.3, 0.4) is 0 Å². The van der Waals surface area contributed by atoms with Crippen LogP contribution in [0.25, 0.3) is 0 Å². The second-order valence-electron chi connectivity index (χ2n) is 5.82. The highest BCUT2D eigenvalue weighted by Gasteiger charge is 2.33. The van der Waals surface area contributed by atoms with Crippen molar-refractivity contribution in [1.29, 1.82) is 0 Å². The largest absolute Gasteiger partial charge is 0.370 e. The second kappa shape index (κ2) is 5.59. The molecule has 106 valence electrons. The van der Waals surface area contributed by atoms with Gasteiger partial charge >= 0.3 is 0 Å². The van der Waals surface area contributed by atoms with Crippen molar-refractivity contribution in [3.05, 3.63) is 11.7 Å². The van der Waals surface area contributed by atoms with E-state index in [0.29, 0.717) is 0 Å². The first-order chi connectivity index (χ1) is 9.31. The third-order valence-corrected chi connectivity index (χ3v) is 4.53. The molecule has 1 unspecified atom stereocenters. The van der Waals surface area contributed by atoms with Crippen LogP contribution in [0.4, 0.5) is 0 Å². The molecule has 5 nitrogen and oxygen atoms in total. The minimum Gasteiger partial charge on any atom is -0.370 e. The molecule has 1 saturated heterocycles. The van der Waals surface area contributed by atoms with Crippen molar-refractivity contribution in [3.8, 4) is 0 Å². The van der Waals surface area contributed by atoms with Gasteiger partial charge in [-0.05, 0) is 32.7 Å². The van der Waals surface area contributed by atoms with Crippen molar-refractivity contribution < 1.29 is 9.26 Å². The van der Waals surface area contributed by atoms with Gasteiger partial charge in [-0.25, -0.2) is 0 Å². The minimum atomic E-state index is 0.0504. The number of ether oxygens (including phenoxy) is 1. The highest BCUT2D eigenvalue weighted by atomic mass is 16.5. The normalized spacial score (nSPS) is 26.7. The first kappa shape index (κ1) is 13.1. The molecule has 0 aromatic carbocycles. The Labute approximate surface area is 114 Å². The standard InChI is InChI=1S/C14H23N3O2/c1-15-14(7-3-2-4-8-14)10-12-16-13(17-19-12)11-6-5-9-18-11/h11,15H,2-10H2,1H3. The quantitative estimate of drug-likeness (QED) is 0.905. The van der Waals surface area contributed by atoms with Crippen LogP contribution in [0, 0.1) is 0 Å². The monoisotopic (exact) mass is 265 g/mol. The molecule has 5 heteroatoms. The summed E-state index contributed by atoms with van der Waals surface area (Å²) in [7, 11) is 2.04. The van der Waals surface area contributed by atoms with E-state index in [2.05, 4.69) is 15.5 Å². The van der Waals surface area contributed by atoms with Gasteiger partial charge in [0.15, 0.2) is 0 Å². The number of nitrogens with one attached hydrogen (secondary N) is 1. The molecule has 2 fully saturated rings. The first-order valence-corrected chi connectivity index (χ1v) is 7.44. The molecule has 0 spiro atoms. The fourth-order valence-electron chi connectivity index (χ4n) is 3.29. The summed E-state index contributed by atoms with van der Waals surface area (Å²) < 4.78 is 11.0. The molecule has 2 heterocycles. The van der Waals surface area contributed by atoms with Gasteiger partial charge in [0.1, 0.15) is 6.10 Å². The molecule has 0 bridgehead atoms. The Morgan fingerprint density at radius 3 is 2.79 bits per heavy atom. The topological polar surface area (TPSA) is 60.2 Å². The predicted octanol–water partition coefficient (Wildman–Crippen LogP) is 2.39. The lowest BCUT2D eigenvalue weighted by atomic mass is 9.79. The summed E-state index contributed by atoms with van der Waals surface area (Å²) in [5, 5.41) is 7.58. The summed E-state index contributed by atoms with van der Waals surface area (Å²) in [6, 6.07) is 0. The summed E-state index contributed by atoms with van der Waals surface area (Å²) in [5.74, 6) is 1.48. The van der Waals surface area contributed by atoms with Crippen molar-refractivity contribution in [3.63, 3.8) is 0 Å². The van der Waals surface area contributed by atoms with E-state index in [4.69, 9.17) is 9.26 Å². The average molecular weight is 265 g/mol. The molecule has 1 saturated carbocycles. The Hall–Kier alpha value is -0.940. The summed E-state index contributed by atoms with van der Waals surface area (Å²) in [6.45, 7) is 0.814. The van der Waals surface area contributed by atoms with Crippen LogP contribution < -0.4 is 5.32 Å². The zero-order valence-electron chi connectivity index (χ0n) is 11.7. The van der Waals surface area contributed by atoms with E-state index in [-0.39, 0.29) is 11.6 Å². The number of hydrogen-bond donors (Lipinski definition) is 1. The number of nitrogens with zero attached hydrogens (tertiary/aromatic N) is 2. The number of rotatable bonds is 4. The second-order valence-corrected chi connectivity index (χ2v) is 5.82. The van der Waals surface area contributed by atoms with Crippen molar-refractivity contribution in [1.82, 2.24) is 15.5 Å². The van der Waals surface area contributed by atoms with Crippen LogP contribution >= 0.6 is 0 Å². The van der Waals surface area contributed by atoms with Gasteiger partial charge in [0, 0.05) is 18.6 Å². The average Bonchev–Trinajstić information content (AvgIpc) is 3.10. The molecule has 2 aliphatic rings. The third-order valence-electron chi connectivity index (χ3n) is 4.53. The van der Waals surface area contributed by atoms with Crippen molar-refractivity contribution in [2.24, 2.45) is 0 Å². The van der Waals surface area contributed by atoms with Gasteiger partial charge in [0.25, 0.3) is 0 Å². The van der Waals surface area contributed by atoms with Gasteiger partial charge < -0.3 is 14.6 Å². The Morgan fingerprint density at radius 1 is 1.26 bits per heavy atom. The van der Waals surface area contributed by atoms with Gasteiger partial charge in [0.05, 0.1) is 0 Å². The van der Waals surface area contributed by atoms with E-state index in [1.165, 1.54) is 32.1 Å². The Kier molecular flexibility index (Phi) is 3.84. The van der Waals surface area contributed by atoms with E-state index >= 15 is 0 Å². The summed E-state index contributed by atoms with van der Waals surface area (Å²) in [6.07, 6.45) is 9.29. The summed E-state index contributed by atoms with van der Waals surface area (Å²) in [4.78, 5) is 4.54. The molecule has 1 aromatic rings. The van der Waals surface area contributed by atoms with Gasteiger partial charge in [-0.15, -0.1) is 0 Å². The number of aromatic nitrogens is 2. The van der Waals surface area contributed by atoms with Crippen molar-refractivity contribution in [2.45, 2.75) is 63.0 Å². The Balaban J connectivity index is 1.68. The van der Waals surface area contributed by atoms with Gasteiger partial charge in [0.2, 0.25) is 11.7 Å². The van der Waals surface area contributed by atoms with Gasteiger partial charge in [-0.3, -0.25) is 0 Å². The summed E-state index contributed by atoms with van der Waals surface area (Å²) in [5.41, 5.74) is 0.151. The highest BCUT2D eigenvalue weighted by molar-refractivity contribution is 5.00. The van der Waals surface area contributed by atoms with Crippen LogP contribution in [-0.2, 0) is 11.2 Å². The molecule has 1 aromatic heterocycles. The SMILES string of the molecule is CNC1(Cc2nc(C3CCCO3)no2)CCCCC1. The maximum Gasteiger partial charge on any atom is 0.228 e. The molecular weight excluding hydrogens is 242 g/mol. The lowest BCUT2D eigenvalue weighted by Gasteiger charge is -2.36. The lowest BCUT2D eigenvalue weighted by molar-refractivity contribution is 0.103. The predicted molar refractivity (Wildman–Crippen MR) is 70.8 cm³/mol. The van der Waals surface area contributed by atoms with Crippen LogP contribution in [0.1, 0.15) is 62.8 Å². The molecule has 19 heavy (non-hydrogen) atoms. The zero-order valence-corrected chi connectivity index (χ0v) is 11.7. The lowest BCUT2D eigenvalue weighted by Crippen LogP contribution is -2.46. The fraction of sp³-hybridized carbons (Fsp3) is 0.857.